The van der Waals surface area contributed by atoms with Crippen LogP contribution in [0, 0.1) is 6.92 Å². The van der Waals surface area contributed by atoms with Gasteiger partial charge in [0.15, 0.2) is 0 Å². The Labute approximate surface area is 115 Å². The van der Waals surface area contributed by atoms with Crippen LogP contribution < -0.4 is 10.6 Å². The molecule has 2 N–H and O–H groups in total. The Morgan fingerprint density at radius 2 is 1.58 bits per heavy atom. The van der Waals surface area contributed by atoms with E-state index in [2.05, 4.69) is 54.8 Å². The highest BCUT2D eigenvalue weighted by atomic mass is 14.9. The first-order chi connectivity index (χ1) is 9.31. The van der Waals surface area contributed by atoms with Crippen molar-refractivity contribution < 1.29 is 0 Å². The number of para-hydroxylation sites is 2. The summed E-state index contributed by atoms with van der Waals surface area (Å²) in [4.78, 5) is 0. The number of rotatable bonds is 6. The van der Waals surface area contributed by atoms with Crippen LogP contribution >= 0.6 is 0 Å². The van der Waals surface area contributed by atoms with Gasteiger partial charge in [-0.25, -0.2) is 0 Å². The van der Waals surface area contributed by atoms with E-state index in [1.165, 1.54) is 22.5 Å². The lowest BCUT2D eigenvalue weighted by atomic mass is 10.1. The normalized spacial score (nSPS) is 10.2. The van der Waals surface area contributed by atoms with Gasteiger partial charge in [0.05, 0.1) is 0 Å². The summed E-state index contributed by atoms with van der Waals surface area (Å²) in [5, 5.41) is 6.95. The highest BCUT2D eigenvalue weighted by Crippen LogP contribution is 2.20. The number of anilines is 2. The van der Waals surface area contributed by atoms with Crippen molar-refractivity contribution in [2.24, 2.45) is 0 Å². The van der Waals surface area contributed by atoms with Crippen molar-refractivity contribution in [3.8, 4) is 0 Å². The SMILES string of the molecule is CCc1cccc(C)c1NCCNc1ccccc1. The maximum absolute atomic E-state index is 3.54. The predicted octanol–water partition coefficient (Wildman–Crippen LogP) is 4.08. The van der Waals surface area contributed by atoms with Crippen LogP contribution in [0.5, 0.6) is 0 Å². The van der Waals surface area contributed by atoms with Gasteiger partial charge in [-0.1, -0.05) is 43.3 Å². The minimum atomic E-state index is 0.918. The van der Waals surface area contributed by atoms with Gasteiger partial charge in [0.25, 0.3) is 0 Å². The zero-order valence-electron chi connectivity index (χ0n) is 11.7. The molecule has 0 saturated heterocycles. The van der Waals surface area contributed by atoms with Crippen molar-refractivity contribution in [2.45, 2.75) is 20.3 Å². The van der Waals surface area contributed by atoms with E-state index in [4.69, 9.17) is 0 Å². The largest absolute Gasteiger partial charge is 0.383 e. The molecule has 0 spiro atoms. The highest BCUT2D eigenvalue weighted by Gasteiger charge is 2.02. The third kappa shape index (κ3) is 3.75. The second-order valence-electron chi connectivity index (χ2n) is 4.68. The molecular formula is C17H22N2. The number of nitrogens with one attached hydrogen (secondary N) is 2. The summed E-state index contributed by atoms with van der Waals surface area (Å²) in [6.07, 6.45) is 1.07. The van der Waals surface area contributed by atoms with E-state index in [1.807, 2.05) is 18.2 Å². The Morgan fingerprint density at radius 3 is 2.32 bits per heavy atom. The van der Waals surface area contributed by atoms with E-state index in [-0.39, 0.29) is 0 Å². The van der Waals surface area contributed by atoms with E-state index in [0.29, 0.717) is 0 Å². The third-order valence-corrected chi connectivity index (χ3v) is 3.27. The predicted molar refractivity (Wildman–Crippen MR) is 84.0 cm³/mol. The molecule has 2 heteroatoms. The fraction of sp³-hybridized carbons (Fsp3) is 0.294. The van der Waals surface area contributed by atoms with E-state index in [0.717, 1.165) is 19.5 Å². The molecule has 0 saturated carbocycles. The minimum absolute atomic E-state index is 0.918. The topological polar surface area (TPSA) is 24.1 Å². The van der Waals surface area contributed by atoms with Crippen LogP contribution in [0.4, 0.5) is 11.4 Å². The van der Waals surface area contributed by atoms with E-state index < -0.39 is 0 Å². The monoisotopic (exact) mass is 254 g/mol. The smallest absolute Gasteiger partial charge is 0.0402 e. The first-order valence-corrected chi connectivity index (χ1v) is 6.92. The molecule has 19 heavy (non-hydrogen) atoms. The number of aryl methyl sites for hydroxylation is 2. The van der Waals surface area contributed by atoms with E-state index in [1.54, 1.807) is 0 Å². The van der Waals surface area contributed by atoms with Gasteiger partial charge in [-0.3, -0.25) is 0 Å². The van der Waals surface area contributed by atoms with Gasteiger partial charge >= 0.3 is 0 Å². The van der Waals surface area contributed by atoms with Gasteiger partial charge < -0.3 is 10.6 Å². The van der Waals surface area contributed by atoms with Crippen molar-refractivity contribution >= 4 is 11.4 Å². The van der Waals surface area contributed by atoms with Crippen molar-refractivity contribution in [1.29, 1.82) is 0 Å². The summed E-state index contributed by atoms with van der Waals surface area (Å²) in [5.74, 6) is 0. The average molecular weight is 254 g/mol. The number of hydrogen-bond donors (Lipinski definition) is 2. The maximum atomic E-state index is 3.54. The van der Waals surface area contributed by atoms with Crippen molar-refractivity contribution in [3.63, 3.8) is 0 Å². The molecule has 2 rings (SSSR count). The lowest BCUT2D eigenvalue weighted by Gasteiger charge is -2.14. The number of hydrogen-bond acceptors (Lipinski definition) is 2. The molecule has 2 nitrogen and oxygen atoms in total. The Balaban J connectivity index is 1.86. The van der Waals surface area contributed by atoms with Crippen LogP contribution in [0.15, 0.2) is 48.5 Å². The molecule has 0 unspecified atom stereocenters. The van der Waals surface area contributed by atoms with Crippen LogP contribution in [-0.2, 0) is 6.42 Å². The summed E-state index contributed by atoms with van der Waals surface area (Å²) < 4.78 is 0. The fourth-order valence-corrected chi connectivity index (χ4v) is 2.23. The van der Waals surface area contributed by atoms with Crippen LogP contribution in [0.1, 0.15) is 18.1 Å². The van der Waals surface area contributed by atoms with E-state index in [9.17, 15) is 0 Å². The molecule has 2 aromatic rings. The molecule has 0 fully saturated rings. The lowest BCUT2D eigenvalue weighted by Crippen LogP contribution is -2.15. The molecule has 0 aliphatic rings. The van der Waals surface area contributed by atoms with Gasteiger partial charge in [0, 0.05) is 24.5 Å². The standard InChI is InChI=1S/C17H22N2/c1-3-15-9-7-8-14(2)17(15)19-13-12-18-16-10-5-4-6-11-16/h4-11,18-19H,3,12-13H2,1-2H3. The Kier molecular flexibility index (Phi) is 4.85. The first-order valence-electron chi connectivity index (χ1n) is 6.92. The van der Waals surface area contributed by atoms with Crippen LogP contribution in [0.3, 0.4) is 0 Å². The third-order valence-electron chi connectivity index (χ3n) is 3.27. The summed E-state index contributed by atoms with van der Waals surface area (Å²) in [6.45, 7) is 6.20. The summed E-state index contributed by atoms with van der Waals surface area (Å²) in [5.41, 5.74) is 5.17. The zero-order chi connectivity index (χ0) is 13.5. The van der Waals surface area contributed by atoms with Gasteiger partial charge in [-0.2, -0.15) is 0 Å². The Hall–Kier alpha value is -1.96. The van der Waals surface area contributed by atoms with Crippen LogP contribution in [0.2, 0.25) is 0 Å². The van der Waals surface area contributed by atoms with Gasteiger partial charge in [-0.15, -0.1) is 0 Å². The minimum Gasteiger partial charge on any atom is -0.383 e. The molecule has 0 bridgehead atoms. The maximum Gasteiger partial charge on any atom is 0.0402 e. The molecule has 100 valence electrons. The summed E-state index contributed by atoms with van der Waals surface area (Å²) in [6, 6.07) is 16.8. The van der Waals surface area contributed by atoms with Crippen LogP contribution in [0.25, 0.3) is 0 Å². The lowest BCUT2D eigenvalue weighted by molar-refractivity contribution is 1.05. The second kappa shape index (κ2) is 6.83. The van der Waals surface area contributed by atoms with Crippen LogP contribution in [-0.4, -0.2) is 13.1 Å². The Bertz CT molecular complexity index is 506. The van der Waals surface area contributed by atoms with Gasteiger partial charge in [0.2, 0.25) is 0 Å². The van der Waals surface area contributed by atoms with Gasteiger partial charge in [-0.05, 0) is 36.6 Å². The van der Waals surface area contributed by atoms with Gasteiger partial charge in [0.1, 0.15) is 0 Å². The van der Waals surface area contributed by atoms with E-state index >= 15 is 0 Å². The second-order valence-corrected chi connectivity index (χ2v) is 4.68. The molecule has 0 radical (unpaired) electrons. The first kappa shape index (κ1) is 13.5. The van der Waals surface area contributed by atoms with Crippen molar-refractivity contribution in [2.75, 3.05) is 23.7 Å². The average Bonchev–Trinajstić information content (AvgIpc) is 2.46. The molecule has 0 aromatic heterocycles. The zero-order valence-corrected chi connectivity index (χ0v) is 11.7. The molecule has 0 aliphatic heterocycles. The number of benzene rings is 2. The Morgan fingerprint density at radius 1 is 0.842 bits per heavy atom. The molecule has 2 aromatic carbocycles. The highest BCUT2D eigenvalue weighted by molar-refractivity contribution is 5.57. The molecule has 0 amide bonds. The van der Waals surface area contributed by atoms with Crippen molar-refractivity contribution in [3.05, 3.63) is 59.7 Å². The van der Waals surface area contributed by atoms with Crippen molar-refractivity contribution in [1.82, 2.24) is 0 Å². The quantitative estimate of drug-likeness (QED) is 0.759. The molecular weight excluding hydrogens is 232 g/mol. The fourth-order valence-electron chi connectivity index (χ4n) is 2.23. The molecule has 0 atom stereocenters. The molecule has 0 heterocycles. The summed E-state index contributed by atoms with van der Waals surface area (Å²) in [7, 11) is 0. The summed E-state index contributed by atoms with van der Waals surface area (Å²) >= 11 is 0. The molecule has 0 aliphatic carbocycles.